The van der Waals surface area contributed by atoms with Crippen LogP contribution in [0.5, 0.6) is 0 Å². The van der Waals surface area contributed by atoms with E-state index in [4.69, 9.17) is 9.52 Å². The Bertz CT molecular complexity index is 558. The van der Waals surface area contributed by atoms with Crippen LogP contribution >= 0.6 is 0 Å². The third kappa shape index (κ3) is 2.33. The standard InChI is InChI=1S/C14H16O3/c1-14(2,3)10-4-5-12-11(7-10)9(8-17-12)6-13(15)16/h4-5,7-8H,6H2,1-3H3,(H,15,16). The number of hydrogen-bond acceptors (Lipinski definition) is 2. The normalized spacial score (nSPS) is 11.9. The molecule has 0 radical (unpaired) electrons. The van der Waals surface area contributed by atoms with Crippen molar-refractivity contribution in [3.8, 4) is 0 Å². The lowest BCUT2D eigenvalue weighted by Crippen LogP contribution is -2.10. The van der Waals surface area contributed by atoms with Crippen molar-refractivity contribution in [1.29, 1.82) is 0 Å². The molecule has 0 aliphatic carbocycles. The molecule has 0 bridgehead atoms. The van der Waals surface area contributed by atoms with Crippen molar-refractivity contribution in [2.75, 3.05) is 0 Å². The number of carboxylic acid groups (broad SMARTS) is 1. The molecule has 2 rings (SSSR count). The van der Waals surface area contributed by atoms with E-state index in [1.165, 1.54) is 11.8 Å². The first kappa shape index (κ1) is 11.7. The minimum absolute atomic E-state index is 0.000591. The Morgan fingerprint density at radius 2 is 2.06 bits per heavy atom. The molecule has 17 heavy (non-hydrogen) atoms. The predicted octanol–water partition coefficient (Wildman–Crippen LogP) is 3.36. The topological polar surface area (TPSA) is 50.4 Å². The summed E-state index contributed by atoms with van der Waals surface area (Å²) in [5.41, 5.74) is 2.71. The Hall–Kier alpha value is -1.77. The molecular formula is C14H16O3. The fraction of sp³-hybridized carbons (Fsp3) is 0.357. The minimum atomic E-state index is -0.839. The largest absolute Gasteiger partial charge is 0.481 e. The number of carbonyl (C=O) groups is 1. The van der Waals surface area contributed by atoms with Gasteiger partial charge in [-0.3, -0.25) is 4.79 Å². The van der Waals surface area contributed by atoms with Crippen LogP contribution in [-0.4, -0.2) is 11.1 Å². The molecule has 0 unspecified atom stereocenters. The molecule has 0 spiro atoms. The third-order valence-corrected chi connectivity index (χ3v) is 2.86. The highest BCUT2D eigenvalue weighted by molar-refractivity contribution is 5.85. The highest BCUT2D eigenvalue weighted by Crippen LogP contribution is 2.29. The first-order chi connectivity index (χ1) is 7.88. The van der Waals surface area contributed by atoms with Crippen molar-refractivity contribution in [1.82, 2.24) is 0 Å². The molecule has 1 aromatic heterocycles. The lowest BCUT2D eigenvalue weighted by Gasteiger charge is -2.18. The van der Waals surface area contributed by atoms with E-state index in [1.54, 1.807) is 0 Å². The van der Waals surface area contributed by atoms with Gasteiger partial charge in [-0.1, -0.05) is 26.8 Å². The summed E-state index contributed by atoms with van der Waals surface area (Å²) in [6.07, 6.45) is 1.53. The van der Waals surface area contributed by atoms with E-state index >= 15 is 0 Å². The van der Waals surface area contributed by atoms with E-state index in [1.807, 2.05) is 18.2 Å². The molecule has 1 N–H and O–H groups in total. The van der Waals surface area contributed by atoms with Crippen molar-refractivity contribution in [2.45, 2.75) is 32.6 Å². The molecular weight excluding hydrogens is 216 g/mol. The molecule has 0 saturated heterocycles. The number of carboxylic acids is 1. The second kappa shape index (κ2) is 3.91. The number of hydrogen-bond donors (Lipinski definition) is 1. The van der Waals surface area contributed by atoms with Crippen LogP contribution in [0.4, 0.5) is 0 Å². The minimum Gasteiger partial charge on any atom is -0.481 e. The number of furan rings is 1. The van der Waals surface area contributed by atoms with Crippen LogP contribution < -0.4 is 0 Å². The first-order valence-corrected chi connectivity index (χ1v) is 5.60. The maximum Gasteiger partial charge on any atom is 0.307 e. The van der Waals surface area contributed by atoms with Gasteiger partial charge in [-0.05, 0) is 23.1 Å². The number of benzene rings is 1. The zero-order valence-electron chi connectivity index (χ0n) is 10.3. The van der Waals surface area contributed by atoms with Crippen LogP contribution in [0.25, 0.3) is 11.0 Å². The van der Waals surface area contributed by atoms with E-state index in [0.717, 1.165) is 16.5 Å². The van der Waals surface area contributed by atoms with Crippen LogP contribution in [0.2, 0.25) is 0 Å². The zero-order valence-corrected chi connectivity index (χ0v) is 10.3. The average molecular weight is 232 g/mol. The van der Waals surface area contributed by atoms with Crippen LogP contribution in [0.15, 0.2) is 28.9 Å². The molecule has 0 aliphatic rings. The second-order valence-electron chi connectivity index (χ2n) is 5.29. The van der Waals surface area contributed by atoms with Crippen molar-refractivity contribution in [2.24, 2.45) is 0 Å². The summed E-state index contributed by atoms with van der Waals surface area (Å²) in [4.78, 5) is 10.8. The fourth-order valence-electron chi connectivity index (χ4n) is 1.85. The Balaban J connectivity index is 2.54. The summed E-state index contributed by atoms with van der Waals surface area (Å²) in [5, 5.41) is 9.73. The van der Waals surface area contributed by atoms with Gasteiger partial charge in [0.05, 0.1) is 12.7 Å². The van der Waals surface area contributed by atoms with Gasteiger partial charge in [0, 0.05) is 10.9 Å². The van der Waals surface area contributed by atoms with Gasteiger partial charge in [-0.25, -0.2) is 0 Å². The Morgan fingerprint density at radius 3 is 2.65 bits per heavy atom. The molecule has 0 aliphatic heterocycles. The van der Waals surface area contributed by atoms with Gasteiger partial charge >= 0.3 is 5.97 Å². The zero-order chi connectivity index (χ0) is 12.6. The van der Waals surface area contributed by atoms with Gasteiger partial charge in [-0.15, -0.1) is 0 Å². The van der Waals surface area contributed by atoms with Gasteiger partial charge in [0.25, 0.3) is 0 Å². The Labute approximate surface area is 100 Å². The van der Waals surface area contributed by atoms with Gasteiger partial charge in [-0.2, -0.15) is 0 Å². The van der Waals surface area contributed by atoms with E-state index in [9.17, 15) is 4.79 Å². The quantitative estimate of drug-likeness (QED) is 0.863. The number of aliphatic carboxylic acids is 1. The predicted molar refractivity (Wildman–Crippen MR) is 66.3 cm³/mol. The molecule has 0 amide bonds. The molecule has 0 atom stereocenters. The fourth-order valence-corrected chi connectivity index (χ4v) is 1.85. The molecule has 1 heterocycles. The van der Waals surface area contributed by atoms with Gasteiger partial charge in [0.2, 0.25) is 0 Å². The molecule has 0 fully saturated rings. The molecule has 90 valence electrons. The summed E-state index contributed by atoms with van der Waals surface area (Å²) in [7, 11) is 0. The van der Waals surface area contributed by atoms with Crippen LogP contribution in [0, 0.1) is 0 Å². The lowest BCUT2D eigenvalue weighted by atomic mass is 9.86. The average Bonchev–Trinajstić information content (AvgIpc) is 2.59. The first-order valence-electron chi connectivity index (χ1n) is 5.60. The summed E-state index contributed by atoms with van der Waals surface area (Å²) >= 11 is 0. The van der Waals surface area contributed by atoms with Crippen molar-refractivity contribution in [3.05, 3.63) is 35.6 Å². The van der Waals surface area contributed by atoms with E-state index < -0.39 is 5.97 Å². The molecule has 3 nitrogen and oxygen atoms in total. The second-order valence-corrected chi connectivity index (χ2v) is 5.29. The monoisotopic (exact) mass is 232 g/mol. The van der Waals surface area contributed by atoms with Crippen molar-refractivity contribution >= 4 is 16.9 Å². The summed E-state index contributed by atoms with van der Waals surface area (Å²) in [5.74, 6) is -0.839. The van der Waals surface area contributed by atoms with Crippen LogP contribution in [0.1, 0.15) is 31.9 Å². The van der Waals surface area contributed by atoms with E-state index in [0.29, 0.717) is 0 Å². The maximum atomic E-state index is 10.8. The van der Waals surface area contributed by atoms with Crippen molar-refractivity contribution in [3.63, 3.8) is 0 Å². The van der Waals surface area contributed by atoms with Gasteiger partial charge in [0.15, 0.2) is 0 Å². The summed E-state index contributed by atoms with van der Waals surface area (Å²) < 4.78 is 5.35. The molecule has 0 saturated carbocycles. The van der Waals surface area contributed by atoms with Crippen LogP contribution in [0.3, 0.4) is 0 Å². The van der Waals surface area contributed by atoms with Gasteiger partial charge < -0.3 is 9.52 Å². The summed E-state index contributed by atoms with van der Waals surface area (Å²) in [6, 6.07) is 5.95. The molecule has 1 aromatic carbocycles. The number of fused-ring (bicyclic) bond motifs is 1. The third-order valence-electron chi connectivity index (χ3n) is 2.86. The summed E-state index contributed by atoms with van der Waals surface area (Å²) in [6.45, 7) is 6.39. The Kier molecular flexibility index (Phi) is 2.69. The highest BCUT2D eigenvalue weighted by Gasteiger charge is 2.16. The van der Waals surface area contributed by atoms with Gasteiger partial charge in [0.1, 0.15) is 5.58 Å². The lowest BCUT2D eigenvalue weighted by molar-refractivity contribution is -0.136. The smallest absolute Gasteiger partial charge is 0.307 e. The number of rotatable bonds is 2. The highest BCUT2D eigenvalue weighted by atomic mass is 16.4. The van der Waals surface area contributed by atoms with Crippen molar-refractivity contribution < 1.29 is 14.3 Å². The van der Waals surface area contributed by atoms with E-state index in [-0.39, 0.29) is 11.8 Å². The maximum absolute atomic E-state index is 10.8. The molecule has 2 aromatic rings. The SMILES string of the molecule is CC(C)(C)c1ccc2occ(CC(=O)O)c2c1. The Morgan fingerprint density at radius 1 is 1.35 bits per heavy atom. The molecule has 3 heteroatoms. The van der Waals surface area contributed by atoms with E-state index in [2.05, 4.69) is 20.8 Å². The van der Waals surface area contributed by atoms with Crippen LogP contribution in [-0.2, 0) is 16.6 Å².